The van der Waals surface area contributed by atoms with Crippen LogP contribution in [0.2, 0.25) is 10.0 Å². The molecular weight excluding hydrogens is 338 g/mol. The highest BCUT2D eigenvalue weighted by atomic mass is 35.5. The lowest BCUT2D eigenvalue weighted by atomic mass is 10.1. The minimum Gasteiger partial charge on any atom is -0.501 e. The molecule has 9 heteroatoms. The number of halogens is 3. The molecule has 0 spiro atoms. The monoisotopic (exact) mass is 346 g/mol. The van der Waals surface area contributed by atoms with E-state index in [0.717, 1.165) is 12.1 Å². The van der Waals surface area contributed by atoms with Crippen molar-refractivity contribution in [1.29, 1.82) is 0 Å². The molecule has 1 aromatic carbocycles. The van der Waals surface area contributed by atoms with Crippen molar-refractivity contribution in [2.24, 2.45) is 0 Å². The van der Waals surface area contributed by atoms with Crippen molar-refractivity contribution in [2.75, 3.05) is 0 Å². The SMILES string of the molecule is CC(Oc1ccc(O)c([N+](=O)[O-])n1)c1c(Cl)ccc(F)c1Cl. The number of aromatic hydroxyl groups is 1. The van der Waals surface area contributed by atoms with Crippen LogP contribution < -0.4 is 4.74 Å². The number of benzene rings is 1. The van der Waals surface area contributed by atoms with Gasteiger partial charge in [0.2, 0.25) is 5.75 Å². The predicted octanol–water partition coefficient (Wildman–Crippen LogP) is 4.28. The molecule has 22 heavy (non-hydrogen) atoms. The van der Waals surface area contributed by atoms with E-state index in [1.54, 1.807) is 0 Å². The fourth-order valence-electron chi connectivity index (χ4n) is 1.78. The molecule has 0 aliphatic carbocycles. The molecule has 1 atom stereocenters. The Bertz CT molecular complexity index is 742. The fraction of sp³-hybridized carbons (Fsp3) is 0.154. The third-order valence-corrected chi connectivity index (χ3v) is 3.50. The average molecular weight is 347 g/mol. The first-order valence-electron chi connectivity index (χ1n) is 5.95. The molecule has 0 amide bonds. The van der Waals surface area contributed by atoms with Gasteiger partial charge < -0.3 is 20.0 Å². The summed E-state index contributed by atoms with van der Waals surface area (Å²) >= 11 is 11.8. The molecule has 0 saturated carbocycles. The minimum atomic E-state index is -0.852. The number of pyridine rings is 1. The zero-order valence-electron chi connectivity index (χ0n) is 11.1. The first-order chi connectivity index (χ1) is 10.3. The van der Waals surface area contributed by atoms with Crippen LogP contribution in [0.1, 0.15) is 18.6 Å². The molecule has 0 saturated heterocycles. The maximum Gasteiger partial charge on any atom is 0.409 e. The van der Waals surface area contributed by atoms with Crippen molar-refractivity contribution >= 4 is 29.0 Å². The van der Waals surface area contributed by atoms with E-state index in [1.807, 2.05) is 0 Å². The van der Waals surface area contributed by atoms with Crippen molar-refractivity contribution in [1.82, 2.24) is 4.98 Å². The first-order valence-corrected chi connectivity index (χ1v) is 6.71. The van der Waals surface area contributed by atoms with Gasteiger partial charge in [0.25, 0.3) is 0 Å². The zero-order chi connectivity index (χ0) is 16.4. The second kappa shape index (κ2) is 6.33. The Hall–Kier alpha value is -2.12. The molecule has 0 aliphatic rings. The number of aromatic nitrogens is 1. The van der Waals surface area contributed by atoms with E-state index in [1.165, 1.54) is 19.1 Å². The van der Waals surface area contributed by atoms with Gasteiger partial charge in [0.15, 0.2) is 0 Å². The van der Waals surface area contributed by atoms with Gasteiger partial charge in [0.1, 0.15) is 11.9 Å². The number of nitrogens with zero attached hydrogens (tertiary/aromatic N) is 2. The highest BCUT2D eigenvalue weighted by Gasteiger charge is 2.23. The van der Waals surface area contributed by atoms with Crippen LogP contribution in [0.15, 0.2) is 24.3 Å². The number of rotatable bonds is 4. The van der Waals surface area contributed by atoms with Gasteiger partial charge >= 0.3 is 11.7 Å². The van der Waals surface area contributed by atoms with E-state index in [9.17, 15) is 19.6 Å². The lowest BCUT2D eigenvalue weighted by Crippen LogP contribution is -2.07. The molecule has 116 valence electrons. The normalized spacial score (nSPS) is 12.0. The molecule has 0 radical (unpaired) electrons. The van der Waals surface area contributed by atoms with Gasteiger partial charge in [-0.2, -0.15) is 0 Å². The Labute approximate surface area is 134 Å². The van der Waals surface area contributed by atoms with Crippen LogP contribution in [0, 0.1) is 15.9 Å². The molecule has 0 aliphatic heterocycles. The summed E-state index contributed by atoms with van der Waals surface area (Å²) in [6.07, 6.45) is -0.813. The molecule has 2 rings (SSSR count). The Morgan fingerprint density at radius 1 is 1.36 bits per heavy atom. The smallest absolute Gasteiger partial charge is 0.409 e. The highest BCUT2D eigenvalue weighted by Crippen LogP contribution is 2.35. The topological polar surface area (TPSA) is 85.5 Å². The van der Waals surface area contributed by atoms with Crippen molar-refractivity contribution < 1.29 is 19.2 Å². The summed E-state index contributed by atoms with van der Waals surface area (Å²) in [6, 6.07) is 4.75. The van der Waals surface area contributed by atoms with Gasteiger partial charge in [-0.25, -0.2) is 4.39 Å². The average Bonchev–Trinajstić information content (AvgIpc) is 2.45. The van der Waals surface area contributed by atoms with Crippen LogP contribution in [0.4, 0.5) is 10.2 Å². The van der Waals surface area contributed by atoms with Crippen LogP contribution >= 0.6 is 23.2 Å². The maximum absolute atomic E-state index is 13.5. The van der Waals surface area contributed by atoms with E-state index in [-0.39, 0.29) is 21.5 Å². The summed E-state index contributed by atoms with van der Waals surface area (Å²) in [5.74, 6) is -2.14. The standard InChI is InChI=1S/C13H9Cl2FN2O4/c1-6(11-7(14)2-3-8(16)12(11)15)22-10-5-4-9(19)13(17-10)18(20)21/h2-6,19H,1H3. The van der Waals surface area contributed by atoms with Crippen LogP contribution in [-0.2, 0) is 0 Å². The molecule has 6 nitrogen and oxygen atoms in total. The molecule has 1 heterocycles. The molecular formula is C13H9Cl2FN2O4. The fourth-order valence-corrected chi connectivity index (χ4v) is 2.46. The summed E-state index contributed by atoms with van der Waals surface area (Å²) in [5.41, 5.74) is 0.195. The van der Waals surface area contributed by atoms with Crippen LogP contribution in [0.5, 0.6) is 11.6 Å². The molecule has 0 bridgehead atoms. The van der Waals surface area contributed by atoms with E-state index < -0.39 is 28.4 Å². The molecule has 1 N–H and O–H groups in total. The number of hydrogen-bond donors (Lipinski definition) is 1. The van der Waals surface area contributed by atoms with Gasteiger partial charge in [-0.05, 0) is 30.0 Å². The molecule has 0 fully saturated rings. The van der Waals surface area contributed by atoms with Crippen molar-refractivity contribution in [3.8, 4) is 11.6 Å². The van der Waals surface area contributed by atoms with E-state index in [4.69, 9.17) is 27.9 Å². The molecule has 1 aromatic heterocycles. The molecule has 2 aromatic rings. The zero-order valence-corrected chi connectivity index (χ0v) is 12.6. The Balaban J connectivity index is 2.34. The van der Waals surface area contributed by atoms with E-state index >= 15 is 0 Å². The lowest BCUT2D eigenvalue weighted by Gasteiger charge is -2.15. The predicted molar refractivity (Wildman–Crippen MR) is 78.0 cm³/mol. The summed E-state index contributed by atoms with van der Waals surface area (Å²) < 4.78 is 18.9. The van der Waals surface area contributed by atoms with Gasteiger partial charge in [-0.3, -0.25) is 0 Å². The Morgan fingerprint density at radius 2 is 2.05 bits per heavy atom. The summed E-state index contributed by atoms with van der Waals surface area (Å²) in [4.78, 5) is 13.4. The summed E-state index contributed by atoms with van der Waals surface area (Å²) in [6.45, 7) is 1.53. The van der Waals surface area contributed by atoms with Crippen molar-refractivity contribution in [3.05, 3.63) is 55.8 Å². The van der Waals surface area contributed by atoms with Gasteiger partial charge in [0.05, 0.1) is 5.02 Å². The highest BCUT2D eigenvalue weighted by molar-refractivity contribution is 6.36. The van der Waals surface area contributed by atoms with Crippen LogP contribution in [0.3, 0.4) is 0 Å². The van der Waals surface area contributed by atoms with Gasteiger partial charge in [0, 0.05) is 21.6 Å². The quantitative estimate of drug-likeness (QED) is 0.507. The third-order valence-electron chi connectivity index (χ3n) is 2.79. The van der Waals surface area contributed by atoms with E-state index in [0.29, 0.717) is 0 Å². The number of hydrogen-bond acceptors (Lipinski definition) is 5. The second-order valence-electron chi connectivity index (χ2n) is 4.27. The number of nitro groups is 1. The Morgan fingerprint density at radius 3 is 2.68 bits per heavy atom. The minimum absolute atomic E-state index is 0.131. The second-order valence-corrected chi connectivity index (χ2v) is 5.05. The molecule has 1 unspecified atom stereocenters. The van der Waals surface area contributed by atoms with E-state index in [2.05, 4.69) is 4.98 Å². The largest absolute Gasteiger partial charge is 0.501 e. The summed E-state index contributed by atoms with van der Waals surface area (Å²) in [5, 5.41) is 20.0. The first kappa shape index (κ1) is 16.3. The Kier molecular flexibility index (Phi) is 4.68. The lowest BCUT2D eigenvalue weighted by molar-refractivity contribution is -0.390. The van der Waals surface area contributed by atoms with Crippen molar-refractivity contribution in [3.63, 3.8) is 0 Å². The number of ether oxygens (including phenoxy) is 1. The van der Waals surface area contributed by atoms with Gasteiger partial charge in [-0.1, -0.05) is 23.2 Å². The third kappa shape index (κ3) is 3.20. The summed E-state index contributed by atoms with van der Waals surface area (Å²) in [7, 11) is 0. The van der Waals surface area contributed by atoms with Crippen LogP contribution in [0.25, 0.3) is 0 Å². The maximum atomic E-state index is 13.5. The van der Waals surface area contributed by atoms with Crippen LogP contribution in [-0.4, -0.2) is 15.0 Å². The van der Waals surface area contributed by atoms with Gasteiger partial charge in [-0.15, -0.1) is 0 Å². The van der Waals surface area contributed by atoms with Crippen molar-refractivity contribution in [2.45, 2.75) is 13.0 Å².